The highest BCUT2D eigenvalue weighted by Gasteiger charge is 2.34. The number of rotatable bonds is 12. The van der Waals surface area contributed by atoms with E-state index in [1.54, 1.807) is 7.05 Å². The number of nitrogens with one attached hydrogen (secondary N) is 2. The maximum absolute atomic E-state index is 12.5. The normalized spacial score (nSPS) is 14.7. The SMILES string of the molecule is CCC(C)C(C(CC(=O)O)OC)N(C)C(=O)CNC(=O)C(C)(C)NC=O. The molecule has 0 aromatic carbocycles. The molecular formula is C17H31N3O6. The maximum Gasteiger partial charge on any atom is 0.306 e. The predicted octanol–water partition coefficient (Wildman–Crippen LogP) is -0.01000. The van der Waals surface area contributed by atoms with Crippen LogP contribution in [-0.4, -0.2) is 72.6 Å². The number of methoxy groups -OCH3 is 1. The Morgan fingerprint density at radius 3 is 2.31 bits per heavy atom. The second-order valence-electron chi connectivity index (χ2n) is 6.82. The molecule has 9 nitrogen and oxygen atoms in total. The predicted molar refractivity (Wildman–Crippen MR) is 95.4 cm³/mol. The molecule has 9 heteroatoms. The zero-order valence-electron chi connectivity index (χ0n) is 16.4. The van der Waals surface area contributed by atoms with E-state index in [1.807, 2.05) is 13.8 Å². The highest BCUT2D eigenvalue weighted by atomic mass is 16.5. The summed E-state index contributed by atoms with van der Waals surface area (Å²) >= 11 is 0. The van der Waals surface area contributed by atoms with Crippen molar-refractivity contribution >= 4 is 24.2 Å². The monoisotopic (exact) mass is 373 g/mol. The van der Waals surface area contributed by atoms with E-state index in [0.717, 1.165) is 6.42 Å². The first-order valence-electron chi connectivity index (χ1n) is 8.51. The molecule has 3 amide bonds. The Bertz CT molecular complexity index is 509. The summed E-state index contributed by atoms with van der Waals surface area (Å²) in [4.78, 5) is 47.6. The first-order valence-corrected chi connectivity index (χ1v) is 8.51. The fourth-order valence-electron chi connectivity index (χ4n) is 2.64. The molecular weight excluding hydrogens is 342 g/mol. The van der Waals surface area contributed by atoms with Gasteiger partial charge in [-0.05, 0) is 19.8 Å². The minimum atomic E-state index is -1.14. The van der Waals surface area contributed by atoms with E-state index in [1.165, 1.54) is 25.9 Å². The highest BCUT2D eigenvalue weighted by Crippen LogP contribution is 2.21. The van der Waals surface area contributed by atoms with Gasteiger partial charge in [-0.1, -0.05) is 20.3 Å². The molecule has 0 saturated heterocycles. The van der Waals surface area contributed by atoms with Crippen LogP contribution in [0.25, 0.3) is 0 Å². The van der Waals surface area contributed by atoms with Crippen LogP contribution in [0.3, 0.4) is 0 Å². The van der Waals surface area contributed by atoms with Crippen molar-refractivity contribution < 1.29 is 29.0 Å². The van der Waals surface area contributed by atoms with E-state index in [0.29, 0.717) is 6.41 Å². The van der Waals surface area contributed by atoms with Crippen molar-refractivity contribution in [2.45, 2.75) is 58.2 Å². The molecule has 3 atom stereocenters. The van der Waals surface area contributed by atoms with Gasteiger partial charge in [-0.15, -0.1) is 0 Å². The molecule has 0 bridgehead atoms. The fourth-order valence-corrected chi connectivity index (χ4v) is 2.64. The lowest BCUT2D eigenvalue weighted by atomic mass is 9.91. The molecule has 3 N–H and O–H groups in total. The van der Waals surface area contributed by atoms with Crippen molar-refractivity contribution in [1.82, 2.24) is 15.5 Å². The van der Waals surface area contributed by atoms with Crippen LogP contribution in [0.15, 0.2) is 0 Å². The molecule has 26 heavy (non-hydrogen) atoms. The van der Waals surface area contributed by atoms with Gasteiger partial charge in [-0.3, -0.25) is 19.2 Å². The van der Waals surface area contributed by atoms with Gasteiger partial charge < -0.3 is 25.4 Å². The second-order valence-corrected chi connectivity index (χ2v) is 6.82. The van der Waals surface area contributed by atoms with Gasteiger partial charge in [-0.2, -0.15) is 0 Å². The average Bonchev–Trinajstić information content (AvgIpc) is 2.57. The van der Waals surface area contributed by atoms with Gasteiger partial charge >= 0.3 is 5.97 Å². The van der Waals surface area contributed by atoms with Crippen molar-refractivity contribution in [3.05, 3.63) is 0 Å². The van der Waals surface area contributed by atoms with Gasteiger partial charge in [-0.25, -0.2) is 0 Å². The lowest BCUT2D eigenvalue weighted by molar-refractivity contribution is -0.145. The number of carbonyl (C=O) groups excluding carboxylic acids is 3. The molecule has 0 aliphatic rings. The number of amides is 3. The van der Waals surface area contributed by atoms with Crippen LogP contribution in [0.1, 0.15) is 40.5 Å². The maximum atomic E-state index is 12.5. The number of hydrogen-bond donors (Lipinski definition) is 3. The molecule has 3 unspecified atom stereocenters. The Morgan fingerprint density at radius 1 is 1.31 bits per heavy atom. The minimum Gasteiger partial charge on any atom is -0.481 e. The smallest absolute Gasteiger partial charge is 0.306 e. The van der Waals surface area contributed by atoms with Crippen LogP contribution in [0, 0.1) is 5.92 Å². The molecule has 0 saturated carbocycles. The molecule has 0 radical (unpaired) electrons. The first kappa shape index (κ1) is 23.8. The molecule has 150 valence electrons. The number of likely N-dealkylation sites (N-methyl/N-ethyl adjacent to an activating group) is 1. The number of carbonyl (C=O) groups is 4. The van der Waals surface area contributed by atoms with Gasteiger partial charge in [0.2, 0.25) is 18.2 Å². The van der Waals surface area contributed by atoms with Crippen molar-refractivity contribution in [2.24, 2.45) is 5.92 Å². The van der Waals surface area contributed by atoms with Crippen molar-refractivity contribution in [3.8, 4) is 0 Å². The van der Waals surface area contributed by atoms with Crippen molar-refractivity contribution in [2.75, 3.05) is 20.7 Å². The summed E-state index contributed by atoms with van der Waals surface area (Å²) in [6, 6.07) is -0.452. The lowest BCUT2D eigenvalue weighted by Gasteiger charge is -2.37. The zero-order chi connectivity index (χ0) is 20.5. The number of carboxylic acids is 1. The topological polar surface area (TPSA) is 125 Å². The van der Waals surface area contributed by atoms with Crippen molar-refractivity contribution in [1.29, 1.82) is 0 Å². The van der Waals surface area contributed by atoms with E-state index in [2.05, 4.69) is 10.6 Å². The number of carboxylic acid groups (broad SMARTS) is 1. The third kappa shape index (κ3) is 6.99. The third-order valence-corrected chi connectivity index (χ3v) is 4.51. The lowest BCUT2D eigenvalue weighted by Crippen LogP contribution is -2.56. The van der Waals surface area contributed by atoms with Gasteiger partial charge in [0, 0.05) is 14.2 Å². The average molecular weight is 373 g/mol. The third-order valence-electron chi connectivity index (χ3n) is 4.51. The minimum absolute atomic E-state index is 0.00266. The number of hydrogen-bond acceptors (Lipinski definition) is 5. The molecule has 0 heterocycles. The number of nitrogens with zero attached hydrogens (tertiary/aromatic N) is 1. The van der Waals surface area contributed by atoms with Crippen LogP contribution in [0.4, 0.5) is 0 Å². The van der Waals surface area contributed by atoms with Gasteiger partial charge in [0.15, 0.2) is 0 Å². The Balaban J connectivity index is 5.13. The molecule has 0 aromatic rings. The molecule has 0 spiro atoms. The van der Waals surface area contributed by atoms with Crippen LogP contribution < -0.4 is 10.6 Å². The van der Waals surface area contributed by atoms with Crippen LogP contribution in [0.2, 0.25) is 0 Å². The zero-order valence-corrected chi connectivity index (χ0v) is 16.4. The van der Waals surface area contributed by atoms with E-state index >= 15 is 0 Å². The second kappa shape index (κ2) is 10.7. The van der Waals surface area contributed by atoms with E-state index in [-0.39, 0.29) is 24.8 Å². The number of aliphatic carboxylic acids is 1. The Labute approximate surface area is 154 Å². The van der Waals surface area contributed by atoms with Crippen molar-refractivity contribution in [3.63, 3.8) is 0 Å². The summed E-state index contributed by atoms with van der Waals surface area (Å²) in [5.74, 6) is -1.89. The molecule has 0 aliphatic heterocycles. The Hall–Kier alpha value is -2.16. The van der Waals surface area contributed by atoms with Crippen LogP contribution >= 0.6 is 0 Å². The quantitative estimate of drug-likeness (QED) is 0.413. The molecule has 0 aromatic heterocycles. The largest absolute Gasteiger partial charge is 0.481 e. The molecule has 0 aliphatic carbocycles. The first-order chi connectivity index (χ1) is 12.0. The summed E-state index contributed by atoms with van der Waals surface area (Å²) in [7, 11) is 2.98. The highest BCUT2D eigenvalue weighted by molar-refractivity contribution is 5.91. The standard InChI is InChI=1S/C17H31N3O6/c1-7-11(2)15(12(26-6)8-14(23)24)20(5)13(22)9-18-16(25)17(3,4)19-10-21/h10-12,15H,7-9H2,1-6H3,(H,18,25)(H,19,21)(H,23,24). The Morgan fingerprint density at radius 2 is 1.88 bits per heavy atom. The van der Waals surface area contributed by atoms with Gasteiger partial charge in [0.25, 0.3) is 0 Å². The van der Waals surface area contributed by atoms with Gasteiger partial charge in [0.05, 0.1) is 25.1 Å². The summed E-state index contributed by atoms with van der Waals surface area (Å²) < 4.78 is 5.32. The Kier molecular flexibility index (Phi) is 9.85. The van der Waals surface area contributed by atoms with E-state index < -0.39 is 29.6 Å². The van der Waals surface area contributed by atoms with Crippen LogP contribution in [0.5, 0.6) is 0 Å². The summed E-state index contributed by atoms with van der Waals surface area (Å²) in [6.07, 6.45) is 0.248. The fraction of sp³-hybridized carbons (Fsp3) is 0.765. The van der Waals surface area contributed by atoms with Crippen LogP contribution in [-0.2, 0) is 23.9 Å². The van der Waals surface area contributed by atoms with E-state index in [4.69, 9.17) is 9.84 Å². The summed E-state index contributed by atoms with van der Waals surface area (Å²) in [5.41, 5.74) is -1.14. The van der Waals surface area contributed by atoms with Gasteiger partial charge in [0.1, 0.15) is 5.54 Å². The number of ether oxygens (including phenoxy) is 1. The summed E-state index contributed by atoms with van der Waals surface area (Å²) in [6.45, 7) is 6.62. The summed E-state index contributed by atoms with van der Waals surface area (Å²) in [5, 5.41) is 13.9. The molecule has 0 fully saturated rings. The van der Waals surface area contributed by atoms with E-state index in [9.17, 15) is 19.2 Å². The molecule has 0 rings (SSSR count).